The molecule has 1 aliphatic rings. The highest BCUT2D eigenvalue weighted by Crippen LogP contribution is 2.44. The number of nitrogens with zero attached hydrogens (tertiary/aromatic N) is 3. The molecule has 128 valence electrons. The molecular formula is C21H18N4O. The molecule has 0 radical (unpaired) electrons. The molecule has 5 nitrogen and oxygen atoms in total. The summed E-state index contributed by atoms with van der Waals surface area (Å²) in [5, 5.41) is 29.0. The van der Waals surface area contributed by atoms with Crippen LogP contribution >= 0.6 is 0 Å². The van der Waals surface area contributed by atoms with Crippen molar-refractivity contribution in [3.05, 3.63) is 56.8 Å². The molecule has 26 heavy (non-hydrogen) atoms. The van der Waals surface area contributed by atoms with Crippen LogP contribution in [-0.2, 0) is 0 Å². The fourth-order valence-corrected chi connectivity index (χ4v) is 3.43. The molecule has 2 aromatic rings. The van der Waals surface area contributed by atoms with Gasteiger partial charge >= 0.3 is 0 Å². The summed E-state index contributed by atoms with van der Waals surface area (Å²) in [6.07, 6.45) is 1.96. The first-order valence-electron chi connectivity index (χ1n) is 8.14. The maximum absolute atomic E-state index is 9.99. The predicted octanol–water partition coefficient (Wildman–Crippen LogP) is 4.02. The van der Waals surface area contributed by atoms with Gasteiger partial charge in [0, 0.05) is 5.56 Å². The van der Waals surface area contributed by atoms with E-state index in [1.54, 1.807) is 0 Å². The molecule has 0 saturated carbocycles. The lowest BCUT2D eigenvalue weighted by atomic mass is 9.94. The standard InChI is InChI=1S/C21H18N4O/c1-10-5-14(6-11(2)20(10)26)7-15-12(3)16(8-22)19-18(15)13(4)17(9-23)21(24)25-19/h5-7,26H,1-4H3,(H2,24,25)/b15-7-. The molecule has 0 atom stereocenters. The molecule has 0 unspecified atom stereocenters. The van der Waals surface area contributed by atoms with Gasteiger partial charge in [0.05, 0.1) is 16.8 Å². The normalized spacial score (nSPS) is 14.3. The summed E-state index contributed by atoms with van der Waals surface area (Å²) >= 11 is 0. The summed E-state index contributed by atoms with van der Waals surface area (Å²) in [6, 6.07) is 8.08. The monoisotopic (exact) mass is 342 g/mol. The lowest BCUT2D eigenvalue weighted by molar-refractivity contribution is 0.467. The number of benzene rings is 1. The fourth-order valence-electron chi connectivity index (χ4n) is 3.43. The lowest BCUT2D eigenvalue weighted by Gasteiger charge is -2.11. The van der Waals surface area contributed by atoms with Gasteiger partial charge in [0.2, 0.25) is 0 Å². The number of allylic oxidation sites excluding steroid dienone is 3. The molecule has 0 fully saturated rings. The molecule has 0 amide bonds. The van der Waals surface area contributed by atoms with Gasteiger partial charge in [-0.25, -0.2) is 4.98 Å². The van der Waals surface area contributed by atoms with Crippen molar-refractivity contribution < 1.29 is 5.11 Å². The average Bonchev–Trinajstić information content (AvgIpc) is 2.84. The first kappa shape index (κ1) is 17.3. The third-order valence-electron chi connectivity index (χ3n) is 4.81. The van der Waals surface area contributed by atoms with Gasteiger partial charge in [-0.3, -0.25) is 0 Å². The van der Waals surface area contributed by atoms with E-state index in [4.69, 9.17) is 5.73 Å². The second-order valence-electron chi connectivity index (χ2n) is 6.51. The zero-order valence-electron chi connectivity index (χ0n) is 15.1. The van der Waals surface area contributed by atoms with Crippen molar-refractivity contribution in [3.8, 4) is 17.9 Å². The van der Waals surface area contributed by atoms with E-state index >= 15 is 0 Å². The predicted molar refractivity (Wildman–Crippen MR) is 102 cm³/mol. The molecule has 0 saturated heterocycles. The second-order valence-corrected chi connectivity index (χ2v) is 6.51. The topological polar surface area (TPSA) is 107 Å². The van der Waals surface area contributed by atoms with Gasteiger partial charge < -0.3 is 10.8 Å². The number of anilines is 1. The number of phenols is 1. The Morgan fingerprint density at radius 1 is 1.08 bits per heavy atom. The van der Waals surface area contributed by atoms with Crippen LogP contribution in [0.2, 0.25) is 0 Å². The van der Waals surface area contributed by atoms with Gasteiger partial charge in [0.25, 0.3) is 0 Å². The SMILES string of the molecule is CC1=C(C#N)c2nc(N)c(C#N)c(C)c2/C1=C\c1cc(C)c(O)c(C)c1. The Labute approximate surface area is 152 Å². The number of aromatic nitrogens is 1. The van der Waals surface area contributed by atoms with E-state index in [9.17, 15) is 15.6 Å². The minimum Gasteiger partial charge on any atom is -0.507 e. The third kappa shape index (κ3) is 2.42. The van der Waals surface area contributed by atoms with Crippen molar-refractivity contribution in [2.75, 3.05) is 5.73 Å². The molecule has 5 heteroatoms. The molecule has 0 bridgehead atoms. The smallest absolute Gasteiger partial charge is 0.142 e. The van der Waals surface area contributed by atoms with E-state index in [0.29, 0.717) is 16.8 Å². The number of hydrogen-bond donors (Lipinski definition) is 2. The minimum absolute atomic E-state index is 0.141. The minimum atomic E-state index is 0.141. The number of pyridine rings is 1. The van der Waals surface area contributed by atoms with Gasteiger partial charge in [-0.2, -0.15) is 10.5 Å². The summed E-state index contributed by atoms with van der Waals surface area (Å²) < 4.78 is 0. The third-order valence-corrected chi connectivity index (χ3v) is 4.81. The number of phenolic OH excluding ortho intramolecular Hbond substituents is 1. The summed E-state index contributed by atoms with van der Waals surface area (Å²) in [6.45, 7) is 7.38. The molecule has 3 rings (SSSR count). The van der Waals surface area contributed by atoms with Crippen molar-refractivity contribution in [1.82, 2.24) is 4.98 Å². The molecule has 1 aliphatic carbocycles. The molecule has 1 aromatic heterocycles. The first-order valence-corrected chi connectivity index (χ1v) is 8.14. The van der Waals surface area contributed by atoms with Gasteiger partial charge in [-0.15, -0.1) is 0 Å². The molecular weight excluding hydrogens is 324 g/mol. The second kappa shape index (κ2) is 6.06. The van der Waals surface area contributed by atoms with Crippen LogP contribution in [0, 0.1) is 43.4 Å². The van der Waals surface area contributed by atoms with Crippen LogP contribution in [-0.4, -0.2) is 10.1 Å². The first-order chi connectivity index (χ1) is 12.3. The van der Waals surface area contributed by atoms with Crippen molar-refractivity contribution in [2.24, 2.45) is 0 Å². The highest BCUT2D eigenvalue weighted by Gasteiger charge is 2.29. The Hall–Kier alpha value is -3.57. The van der Waals surface area contributed by atoms with Crippen LogP contribution in [0.25, 0.3) is 17.2 Å². The number of nitrogen functional groups attached to an aromatic ring is 1. The van der Waals surface area contributed by atoms with Crippen LogP contribution in [0.4, 0.5) is 5.82 Å². The van der Waals surface area contributed by atoms with E-state index in [0.717, 1.165) is 39.0 Å². The van der Waals surface area contributed by atoms with Crippen molar-refractivity contribution in [3.63, 3.8) is 0 Å². The Bertz CT molecular complexity index is 1090. The van der Waals surface area contributed by atoms with Crippen LogP contribution in [0.1, 0.15) is 46.0 Å². The van der Waals surface area contributed by atoms with E-state index in [-0.39, 0.29) is 11.6 Å². The highest BCUT2D eigenvalue weighted by molar-refractivity contribution is 6.08. The Morgan fingerprint density at radius 3 is 2.23 bits per heavy atom. The Kier molecular flexibility index (Phi) is 4.02. The van der Waals surface area contributed by atoms with Crippen LogP contribution in [0.15, 0.2) is 17.7 Å². The van der Waals surface area contributed by atoms with Gasteiger partial charge in [-0.05, 0) is 79.3 Å². The molecule has 0 spiro atoms. The van der Waals surface area contributed by atoms with Crippen molar-refractivity contribution in [1.29, 1.82) is 10.5 Å². The maximum atomic E-state index is 9.99. The summed E-state index contributed by atoms with van der Waals surface area (Å²) in [4.78, 5) is 4.32. The van der Waals surface area contributed by atoms with E-state index in [1.807, 2.05) is 45.9 Å². The number of aromatic hydroxyl groups is 1. The number of nitrogens with two attached hydrogens (primary N) is 1. The van der Waals surface area contributed by atoms with Gasteiger partial charge in [-0.1, -0.05) is 0 Å². The maximum Gasteiger partial charge on any atom is 0.142 e. The number of rotatable bonds is 1. The zero-order chi connectivity index (χ0) is 19.2. The van der Waals surface area contributed by atoms with Gasteiger partial charge in [0.15, 0.2) is 0 Å². The quantitative estimate of drug-likeness (QED) is 0.814. The van der Waals surface area contributed by atoms with Crippen molar-refractivity contribution in [2.45, 2.75) is 27.7 Å². The number of hydrogen-bond acceptors (Lipinski definition) is 5. The van der Waals surface area contributed by atoms with Crippen LogP contribution in [0.5, 0.6) is 5.75 Å². The Balaban J connectivity index is 2.34. The summed E-state index contributed by atoms with van der Waals surface area (Å²) in [7, 11) is 0. The molecule has 3 N–H and O–H groups in total. The summed E-state index contributed by atoms with van der Waals surface area (Å²) in [5.41, 5.74) is 12.8. The Morgan fingerprint density at radius 2 is 1.69 bits per heavy atom. The van der Waals surface area contributed by atoms with Crippen molar-refractivity contribution >= 4 is 23.0 Å². The lowest BCUT2D eigenvalue weighted by Crippen LogP contribution is -2.03. The number of aryl methyl sites for hydroxylation is 2. The van der Waals surface area contributed by atoms with E-state index in [2.05, 4.69) is 17.1 Å². The molecule has 0 aliphatic heterocycles. The number of nitriles is 2. The number of fused-ring (bicyclic) bond motifs is 1. The van der Waals surface area contributed by atoms with Crippen LogP contribution in [0.3, 0.4) is 0 Å². The largest absolute Gasteiger partial charge is 0.507 e. The average molecular weight is 342 g/mol. The van der Waals surface area contributed by atoms with E-state index < -0.39 is 0 Å². The molecule has 1 aromatic carbocycles. The van der Waals surface area contributed by atoms with Gasteiger partial charge in [0.1, 0.15) is 23.7 Å². The van der Waals surface area contributed by atoms with Crippen LogP contribution < -0.4 is 5.73 Å². The fraction of sp³-hybridized carbons (Fsp3) is 0.190. The van der Waals surface area contributed by atoms with E-state index in [1.165, 1.54) is 0 Å². The highest BCUT2D eigenvalue weighted by atomic mass is 16.3. The molecule has 1 heterocycles. The summed E-state index contributed by atoms with van der Waals surface area (Å²) in [5.74, 6) is 0.420. The zero-order valence-corrected chi connectivity index (χ0v) is 15.1.